The Morgan fingerprint density at radius 3 is 2.27 bits per heavy atom. The fourth-order valence-electron chi connectivity index (χ4n) is 2.66. The van der Waals surface area contributed by atoms with Gasteiger partial charge in [-0.2, -0.15) is 0 Å². The van der Waals surface area contributed by atoms with E-state index in [9.17, 15) is 9.59 Å². The molecule has 0 aliphatic carbocycles. The van der Waals surface area contributed by atoms with Crippen molar-refractivity contribution >= 4 is 11.8 Å². The normalized spacial score (nSPS) is 17.1. The number of aryl methyl sites for hydroxylation is 1. The van der Waals surface area contributed by atoms with E-state index in [0.717, 1.165) is 37.3 Å². The van der Waals surface area contributed by atoms with Gasteiger partial charge in [-0.05, 0) is 19.5 Å². The van der Waals surface area contributed by atoms with Crippen molar-refractivity contribution in [2.45, 2.75) is 26.3 Å². The van der Waals surface area contributed by atoms with Crippen LogP contribution in [-0.2, 0) is 9.59 Å². The molecule has 1 aromatic carbocycles. The molecule has 0 bridgehead atoms. The number of nitrogens with zero attached hydrogens (tertiary/aromatic N) is 2. The van der Waals surface area contributed by atoms with Gasteiger partial charge in [-0.15, -0.1) is 0 Å². The summed E-state index contributed by atoms with van der Waals surface area (Å²) < 4.78 is 0. The minimum Gasteiger partial charge on any atom is -0.349 e. The van der Waals surface area contributed by atoms with E-state index in [4.69, 9.17) is 0 Å². The van der Waals surface area contributed by atoms with Crippen LogP contribution in [-0.4, -0.2) is 54.8 Å². The lowest BCUT2D eigenvalue weighted by atomic mass is 10.0. The molecule has 0 radical (unpaired) electrons. The summed E-state index contributed by atoms with van der Waals surface area (Å²) in [4.78, 5) is 28.1. The van der Waals surface area contributed by atoms with Crippen LogP contribution in [0.3, 0.4) is 0 Å². The van der Waals surface area contributed by atoms with E-state index in [2.05, 4.69) is 17.3 Å². The number of rotatable bonds is 4. The molecule has 1 fully saturated rings. The third-order valence-electron chi connectivity index (χ3n) is 4.09. The van der Waals surface area contributed by atoms with Crippen LogP contribution in [0.15, 0.2) is 24.3 Å². The largest absolute Gasteiger partial charge is 0.349 e. The Bertz CT molecular complexity index is 519. The lowest BCUT2D eigenvalue weighted by Gasteiger charge is -2.33. The highest BCUT2D eigenvalue weighted by molar-refractivity contribution is 5.79. The molecule has 0 saturated carbocycles. The van der Waals surface area contributed by atoms with Gasteiger partial charge in [-0.1, -0.05) is 29.8 Å². The standard InChI is InChI=1S/C17H25N3O2/c1-13-4-6-15(7-5-13)16(18-14(2)21)12-17(22)20-10-8-19(3)9-11-20/h4-7,16H,8-12H2,1-3H3,(H,18,21). The number of carbonyl (C=O) groups is 2. The van der Waals surface area contributed by atoms with Gasteiger partial charge in [-0.3, -0.25) is 9.59 Å². The predicted octanol–water partition coefficient (Wildman–Crippen LogP) is 1.34. The van der Waals surface area contributed by atoms with Gasteiger partial charge in [0.05, 0.1) is 12.5 Å². The Balaban J connectivity index is 2.04. The van der Waals surface area contributed by atoms with Gasteiger partial charge in [0.1, 0.15) is 0 Å². The van der Waals surface area contributed by atoms with Crippen molar-refractivity contribution in [2.75, 3.05) is 33.2 Å². The van der Waals surface area contributed by atoms with Gasteiger partial charge >= 0.3 is 0 Å². The van der Waals surface area contributed by atoms with Crippen LogP contribution in [0.1, 0.15) is 30.5 Å². The van der Waals surface area contributed by atoms with Gasteiger partial charge in [0.25, 0.3) is 0 Å². The molecule has 1 saturated heterocycles. The van der Waals surface area contributed by atoms with Gasteiger partial charge in [0.2, 0.25) is 11.8 Å². The predicted molar refractivity (Wildman–Crippen MR) is 86.4 cm³/mol. The molecule has 0 spiro atoms. The summed E-state index contributed by atoms with van der Waals surface area (Å²) in [5.74, 6) is -0.0100. The first-order chi connectivity index (χ1) is 10.5. The summed E-state index contributed by atoms with van der Waals surface area (Å²) >= 11 is 0. The van der Waals surface area contributed by atoms with Gasteiger partial charge in [-0.25, -0.2) is 0 Å². The van der Waals surface area contributed by atoms with Gasteiger partial charge < -0.3 is 15.1 Å². The maximum atomic E-state index is 12.5. The van der Waals surface area contributed by atoms with Crippen molar-refractivity contribution in [1.29, 1.82) is 0 Å². The Morgan fingerprint density at radius 2 is 1.73 bits per heavy atom. The van der Waals surface area contributed by atoms with Crippen LogP contribution < -0.4 is 5.32 Å². The number of nitrogens with one attached hydrogen (secondary N) is 1. The highest BCUT2D eigenvalue weighted by Gasteiger charge is 2.23. The first-order valence-electron chi connectivity index (χ1n) is 7.75. The van der Waals surface area contributed by atoms with Crippen molar-refractivity contribution < 1.29 is 9.59 Å². The molecule has 1 atom stereocenters. The molecule has 1 N–H and O–H groups in total. The summed E-state index contributed by atoms with van der Waals surface area (Å²) in [5, 5.41) is 2.90. The molecule has 2 amide bonds. The molecule has 1 aromatic rings. The molecule has 1 unspecified atom stereocenters. The summed E-state index contributed by atoms with van der Waals surface area (Å²) in [6, 6.07) is 7.71. The number of likely N-dealkylation sites (N-methyl/N-ethyl adjacent to an activating group) is 1. The lowest BCUT2D eigenvalue weighted by molar-refractivity contribution is -0.133. The number of hydrogen-bond acceptors (Lipinski definition) is 3. The monoisotopic (exact) mass is 303 g/mol. The Morgan fingerprint density at radius 1 is 1.14 bits per heavy atom. The second-order valence-corrected chi connectivity index (χ2v) is 6.05. The molecule has 2 rings (SSSR count). The SMILES string of the molecule is CC(=O)NC(CC(=O)N1CCN(C)CC1)c1ccc(C)cc1. The fraction of sp³-hybridized carbons (Fsp3) is 0.529. The van der Waals surface area contributed by atoms with Crippen molar-refractivity contribution in [1.82, 2.24) is 15.1 Å². The van der Waals surface area contributed by atoms with E-state index in [-0.39, 0.29) is 17.9 Å². The van der Waals surface area contributed by atoms with Crippen LogP contribution in [0.2, 0.25) is 0 Å². The van der Waals surface area contributed by atoms with Crippen molar-refractivity contribution in [2.24, 2.45) is 0 Å². The number of carbonyl (C=O) groups excluding carboxylic acids is 2. The zero-order valence-electron chi connectivity index (χ0n) is 13.6. The second-order valence-electron chi connectivity index (χ2n) is 6.05. The highest BCUT2D eigenvalue weighted by atomic mass is 16.2. The molecule has 1 heterocycles. The van der Waals surface area contributed by atoms with Crippen LogP contribution in [0.25, 0.3) is 0 Å². The van der Waals surface area contributed by atoms with Gasteiger partial charge in [0.15, 0.2) is 0 Å². The molecule has 22 heavy (non-hydrogen) atoms. The van der Waals surface area contributed by atoms with E-state index < -0.39 is 0 Å². The van der Waals surface area contributed by atoms with Crippen LogP contribution in [0.4, 0.5) is 0 Å². The first kappa shape index (κ1) is 16.5. The molecular formula is C17H25N3O2. The van der Waals surface area contributed by atoms with E-state index >= 15 is 0 Å². The van der Waals surface area contributed by atoms with Crippen molar-refractivity contribution in [3.05, 3.63) is 35.4 Å². The molecule has 1 aliphatic heterocycles. The molecule has 5 nitrogen and oxygen atoms in total. The summed E-state index contributed by atoms with van der Waals surface area (Å²) in [6.07, 6.45) is 0.312. The number of hydrogen-bond donors (Lipinski definition) is 1. The number of piperazine rings is 1. The summed E-state index contributed by atoms with van der Waals surface area (Å²) in [7, 11) is 2.06. The maximum Gasteiger partial charge on any atom is 0.225 e. The average Bonchev–Trinajstić information content (AvgIpc) is 2.47. The van der Waals surface area contributed by atoms with Crippen LogP contribution in [0.5, 0.6) is 0 Å². The molecule has 5 heteroatoms. The quantitative estimate of drug-likeness (QED) is 0.913. The highest BCUT2D eigenvalue weighted by Crippen LogP contribution is 2.19. The maximum absolute atomic E-state index is 12.5. The molecular weight excluding hydrogens is 278 g/mol. The first-order valence-corrected chi connectivity index (χ1v) is 7.75. The van der Waals surface area contributed by atoms with Crippen LogP contribution >= 0.6 is 0 Å². The van der Waals surface area contributed by atoms with Crippen molar-refractivity contribution in [3.8, 4) is 0 Å². The minimum absolute atomic E-state index is 0.104. The topological polar surface area (TPSA) is 52.7 Å². The zero-order chi connectivity index (χ0) is 16.1. The van der Waals surface area contributed by atoms with E-state index in [1.807, 2.05) is 36.1 Å². The molecule has 120 valence electrons. The lowest BCUT2D eigenvalue weighted by Crippen LogP contribution is -2.48. The third-order valence-corrected chi connectivity index (χ3v) is 4.09. The van der Waals surface area contributed by atoms with Crippen LogP contribution in [0, 0.1) is 6.92 Å². The number of benzene rings is 1. The van der Waals surface area contributed by atoms with E-state index in [0.29, 0.717) is 6.42 Å². The Labute approximate surface area is 132 Å². The second kappa shape index (κ2) is 7.40. The number of amides is 2. The third kappa shape index (κ3) is 4.56. The van der Waals surface area contributed by atoms with E-state index in [1.54, 1.807) is 0 Å². The van der Waals surface area contributed by atoms with E-state index in [1.165, 1.54) is 6.92 Å². The molecule has 1 aliphatic rings. The molecule has 0 aromatic heterocycles. The Kier molecular flexibility index (Phi) is 5.55. The fourth-order valence-corrected chi connectivity index (χ4v) is 2.66. The summed E-state index contributed by atoms with van der Waals surface area (Å²) in [5.41, 5.74) is 2.14. The smallest absolute Gasteiger partial charge is 0.225 e. The zero-order valence-corrected chi connectivity index (χ0v) is 13.6. The average molecular weight is 303 g/mol. The van der Waals surface area contributed by atoms with Gasteiger partial charge in [0, 0.05) is 33.1 Å². The Hall–Kier alpha value is -1.88. The minimum atomic E-state index is -0.259. The summed E-state index contributed by atoms with van der Waals surface area (Å²) in [6.45, 7) is 6.84. The van der Waals surface area contributed by atoms with Crippen molar-refractivity contribution in [3.63, 3.8) is 0 Å².